The molecule has 2 amide bonds. The van der Waals surface area contributed by atoms with Crippen molar-refractivity contribution in [2.24, 2.45) is 12.5 Å². The van der Waals surface area contributed by atoms with E-state index in [9.17, 15) is 9.59 Å². The normalized spacial score (nSPS) is 20.1. The van der Waals surface area contributed by atoms with Crippen molar-refractivity contribution in [1.29, 1.82) is 0 Å². The van der Waals surface area contributed by atoms with Crippen molar-refractivity contribution in [3.8, 4) is 0 Å². The lowest BCUT2D eigenvalue weighted by molar-refractivity contribution is -0.139. The summed E-state index contributed by atoms with van der Waals surface area (Å²) in [6, 6.07) is 1.99. The minimum Gasteiger partial charge on any atom is -0.383 e. The lowest BCUT2D eigenvalue weighted by Crippen LogP contribution is -2.52. The van der Waals surface area contributed by atoms with Crippen LogP contribution in [-0.2, 0) is 16.6 Å². The predicted molar refractivity (Wildman–Crippen MR) is 100 cm³/mol. The van der Waals surface area contributed by atoms with E-state index >= 15 is 0 Å². The van der Waals surface area contributed by atoms with E-state index in [2.05, 4.69) is 4.57 Å². The van der Waals surface area contributed by atoms with Crippen molar-refractivity contribution in [2.75, 3.05) is 39.9 Å². The summed E-state index contributed by atoms with van der Waals surface area (Å²) in [5, 5.41) is 0. The van der Waals surface area contributed by atoms with Crippen molar-refractivity contribution in [2.45, 2.75) is 39.5 Å². The van der Waals surface area contributed by atoms with E-state index in [1.54, 1.807) is 7.11 Å². The fraction of sp³-hybridized carbons (Fsp3) is 0.700. The van der Waals surface area contributed by atoms with Crippen LogP contribution < -0.4 is 0 Å². The van der Waals surface area contributed by atoms with Crippen molar-refractivity contribution in [3.63, 3.8) is 0 Å². The van der Waals surface area contributed by atoms with Gasteiger partial charge in [-0.1, -0.05) is 0 Å². The van der Waals surface area contributed by atoms with E-state index in [0.29, 0.717) is 19.6 Å². The molecular weight excluding hydrogens is 330 g/mol. The van der Waals surface area contributed by atoms with Crippen molar-refractivity contribution in [1.82, 2.24) is 14.4 Å². The third-order valence-corrected chi connectivity index (χ3v) is 6.43. The molecule has 26 heavy (non-hydrogen) atoms. The molecule has 1 aromatic heterocycles. The Bertz CT molecular complexity index is 687. The monoisotopic (exact) mass is 361 g/mol. The molecule has 2 fully saturated rings. The van der Waals surface area contributed by atoms with Gasteiger partial charge >= 0.3 is 0 Å². The second-order valence-electron chi connectivity index (χ2n) is 7.94. The van der Waals surface area contributed by atoms with Gasteiger partial charge in [0.05, 0.1) is 12.2 Å². The van der Waals surface area contributed by atoms with Crippen molar-refractivity contribution < 1.29 is 14.3 Å². The number of likely N-dealkylation sites (tertiary alicyclic amines) is 2. The molecule has 0 aromatic carbocycles. The summed E-state index contributed by atoms with van der Waals surface area (Å²) in [7, 11) is 3.67. The van der Waals surface area contributed by atoms with Gasteiger partial charge in [0.15, 0.2) is 0 Å². The third kappa shape index (κ3) is 3.52. The van der Waals surface area contributed by atoms with E-state index in [4.69, 9.17) is 4.74 Å². The predicted octanol–water partition coefficient (Wildman–Crippen LogP) is 2.13. The Hall–Kier alpha value is -1.82. The number of rotatable bonds is 4. The van der Waals surface area contributed by atoms with Gasteiger partial charge in [0, 0.05) is 58.1 Å². The van der Waals surface area contributed by atoms with Crippen molar-refractivity contribution >= 4 is 11.8 Å². The van der Waals surface area contributed by atoms with Crippen LogP contribution in [0.3, 0.4) is 0 Å². The Kier molecular flexibility index (Phi) is 5.42. The minimum absolute atomic E-state index is 0.143. The van der Waals surface area contributed by atoms with Crippen LogP contribution in [-0.4, -0.2) is 66.1 Å². The molecule has 0 aliphatic carbocycles. The quantitative estimate of drug-likeness (QED) is 0.826. The van der Waals surface area contributed by atoms with E-state index < -0.39 is 0 Å². The lowest BCUT2D eigenvalue weighted by Gasteiger charge is -2.47. The van der Waals surface area contributed by atoms with Gasteiger partial charge in [0.1, 0.15) is 0 Å². The van der Waals surface area contributed by atoms with E-state index in [1.165, 1.54) is 0 Å². The summed E-state index contributed by atoms with van der Waals surface area (Å²) >= 11 is 0. The Morgan fingerprint density at radius 3 is 2.50 bits per heavy atom. The number of carbonyl (C=O) groups excluding carboxylic acids is 2. The molecule has 3 rings (SSSR count). The van der Waals surface area contributed by atoms with Gasteiger partial charge in [0.2, 0.25) is 5.91 Å². The second kappa shape index (κ2) is 7.43. The van der Waals surface area contributed by atoms with Gasteiger partial charge in [-0.2, -0.15) is 0 Å². The van der Waals surface area contributed by atoms with Gasteiger partial charge < -0.3 is 19.1 Å². The van der Waals surface area contributed by atoms with E-state index in [0.717, 1.165) is 55.8 Å². The third-order valence-electron chi connectivity index (χ3n) is 6.43. The van der Waals surface area contributed by atoms with Crippen LogP contribution in [0.2, 0.25) is 0 Å². The van der Waals surface area contributed by atoms with Crippen LogP contribution in [0.15, 0.2) is 6.07 Å². The van der Waals surface area contributed by atoms with Crippen molar-refractivity contribution in [3.05, 3.63) is 23.0 Å². The molecule has 2 aliphatic rings. The largest absolute Gasteiger partial charge is 0.383 e. The van der Waals surface area contributed by atoms with E-state index in [1.807, 2.05) is 36.8 Å². The zero-order chi connectivity index (χ0) is 18.9. The van der Waals surface area contributed by atoms with Crippen LogP contribution in [0.25, 0.3) is 0 Å². The molecule has 144 valence electrons. The summed E-state index contributed by atoms with van der Waals surface area (Å²) < 4.78 is 7.21. The second-order valence-corrected chi connectivity index (χ2v) is 7.94. The number of nitrogens with zero attached hydrogens (tertiary/aromatic N) is 3. The van der Waals surface area contributed by atoms with E-state index in [-0.39, 0.29) is 17.2 Å². The molecule has 6 heteroatoms. The number of amides is 2. The highest BCUT2D eigenvalue weighted by atomic mass is 16.5. The molecule has 6 nitrogen and oxygen atoms in total. The van der Waals surface area contributed by atoms with Gasteiger partial charge in [-0.05, 0) is 44.6 Å². The van der Waals surface area contributed by atoms with Gasteiger partial charge in [-0.25, -0.2) is 0 Å². The van der Waals surface area contributed by atoms with Crippen LogP contribution in [0, 0.1) is 19.3 Å². The highest BCUT2D eigenvalue weighted by Gasteiger charge is 2.41. The number of hydrogen-bond donors (Lipinski definition) is 0. The summed E-state index contributed by atoms with van der Waals surface area (Å²) in [6.07, 6.45) is 3.51. The number of carbonyl (C=O) groups is 2. The molecule has 2 saturated heterocycles. The minimum atomic E-state index is 0.143. The molecule has 0 bridgehead atoms. The fourth-order valence-electron chi connectivity index (χ4n) is 4.34. The zero-order valence-electron chi connectivity index (χ0n) is 16.5. The summed E-state index contributed by atoms with van der Waals surface area (Å²) in [6.45, 7) is 7.65. The van der Waals surface area contributed by atoms with Gasteiger partial charge in [0.25, 0.3) is 5.91 Å². The first-order chi connectivity index (χ1) is 12.4. The Morgan fingerprint density at radius 2 is 1.92 bits per heavy atom. The Balaban J connectivity index is 1.64. The number of aryl methyl sites for hydroxylation is 1. The summed E-state index contributed by atoms with van der Waals surface area (Å²) in [5.41, 5.74) is 3.13. The Morgan fingerprint density at radius 1 is 1.23 bits per heavy atom. The molecule has 0 atom stereocenters. The number of hydrogen-bond acceptors (Lipinski definition) is 3. The number of ether oxygens (including phenoxy) is 1. The number of aromatic nitrogens is 1. The molecule has 3 heterocycles. The highest BCUT2D eigenvalue weighted by Crippen LogP contribution is 2.40. The molecule has 0 radical (unpaired) electrons. The fourth-order valence-corrected chi connectivity index (χ4v) is 4.34. The molecular formula is C20H31N3O3. The first kappa shape index (κ1) is 19.0. The van der Waals surface area contributed by atoms with Crippen LogP contribution >= 0.6 is 0 Å². The maximum Gasteiger partial charge on any atom is 0.255 e. The molecule has 2 aliphatic heterocycles. The molecule has 0 saturated carbocycles. The molecule has 0 N–H and O–H groups in total. The standard InChI is InChI=1S/C20H31N3O3/c1-15-13-17(16(2)21(15)3)19(25)22-9-7-20(8-10-22)6-5-18(24)23(14-20)11-12-26-4/h13H,5-12,14H2,1-4H3. The van der Waals surface area contributed by atoms with Crippen LogP contribution in [0.1, 0.15) is 47.4 Å². The first-order valence-corrected chi connectivity index (χ1v) is 9.56. The SMILES string of the molecule is COCCN1CC2(CCC1=O)CCN(C(=O)c1cc(C)n(C)c1C)CC2. The summed E-state index contributed by atoms with van der Waals surface area (Å²) in [5.74, 6) is 0.380. The van der Waals surface area contributed by atoms with Crippen LogP contribution in [0.4, 0.5) is 0 Å². The Labute approximate surface area is 156 Å². The van der Waals surface area contributed by atoms with Gasteiger partial charge in [-0.15, -0.1) is 0 Å². The maximum absolute atomic E-state index is 12.9. The number of methoxy groups -OCH3 is 1. The zero-order valence-corrected chi connectivity index (χ0v) is 16.5. The maximum atomic E-state index is 12.9. The molecule has 1 aromatic rings. The smallest absolute Gasteiger partial charge is 0.255 e. The molecule has 1 spiro atoms. The lowest BCUT2D eigenvalue weighted by atomic mass is 9.72. The summed E-state index contributed by atoms with van der Waals surface area (Å²) in [4.78, 5) is 29.0. The number of piperidine rings is 2. The average molecular weight is 361 g/mol. The average Bonchev–Trinajstić information content (AvgIpc) is 2.90. The van der Waals surface area contributed by atoms with Gasteiger partial charge in [-0.3, -0.25) is 9.59 Å². The topological polar surface area (TPSA) is 54.8 Å². The first-order valence-electron chi connectivity index (χ1n) is 9.56. The molecule has 0 unspecified atom stereocenters. The highest BCUT2D eigenvalue weighted by molar-refractivity contribution is 5.95. The van der Waals surface area contributed by atoms with Crippen LogP contribution in [0.5, 0.6) is 0 Å².